The second-order valence-corrected chi connectivity index (χ2v) is 4.58. The molecule has 0 atom stereocenters. The molecule has 0 aliphatic carbocycles. The van der Waals surface area contributed by atoms with Crippen LogP contribution in [-0.2, 0) is 6.42 Å². The monoisotopic (exact) mass is 272 g/mol. The van der Waals surface area contributed by atoms with Gasteiger partial charge in [0.2, 0.25) is 0 Å². The number of carbonyl (C=O) groups is 1. The Balaban J connectivity index is 1.79. The number of carbonyl (C=O) groups excluding carboxylic acids is 1. The molecule has 2 rings (SSSR count). The van der Waals surface area contributed by atoms with Gasteiger partial charge < -0.3 is 11.1 Å². The third-order valence-corrected chi connectivity index (χ3v) is 3.03. The van der Waals surface area contributed by atoms with E-state index >= 15 is 0 Å². The number of nitrogens with two attached hydrogens (primary N) is 1. The van der Waals surface area contributed by atoms with Gasteiger partial charge in [-0.15, -0.1) is 0 Å². The molecule has 4 heteroatoms. The van der Waals surface area contributed by atoms with E-state index in [0.717, 1.165) is 12.8 Å². The summed E-state index contributed by atoms with van der Waals surface area (Å²) in [5.41, 5.74) is 7.04. The largest absolute Gasteiger partial charge is 0.396 e. The van der Waals surface area contributed by atoms with Gasteiger partial charge in [-0.1, -0.05) is 30.3 Å². The Labute approximate surface area is 117 Å². The molecule has 2 aromatic carbocycles. The molecule has 0 saturated carbocycles. The maximum atomic E-state index is 13.0. The number of nitrogen functional groups attached to an aromatic ring is 1. The molecule has 0 bridgehead atoms. The lowest BCUT2D eigenvalue weighted by atomic mass is 10.1. The number of nitrogens with one attached hydrogen (secondary N) is 1. The number of hydrogen-bond donors (Lipinski definition) is 2. The predicted molar refractivity (Wildman–Crippen MR) is 77.9 cm³/mol. The summed E-state index contributed by atoms with van der Waals surface area (Å²) in [6, 6.07) is 14.1. The van der Waals surface area contributed by atoms with Gasteiger partial charge in [-0.2, -0.15) is 0 Å². The fourth-order valence-corrected chi connectivity index (χ4v) is 1.93. The second-order valence-electron chi connectivity index (χ2n) is 4.58. The Morgan fingerprint density at radius 1 is 1.15 bits per heavy atom. The van der Waals surface area contributed by atoms with Gasteiger partial charge in [-0.3, -0.25) is 4.79 Å². The summed E-state index contributed by atoms with van der Waals surface area (Å²) in [7, 11) is 0. The highest BCUT2D eigenvalue weighted by Gasteiger charge is 2.07. The number of hydrogen-bond acceptors (Lipinski definition) is 2. The van der Waals surface area contributed by atoms with Crippen molar-refractivity contribution >= 4 is 11.6 Å². The number of rotatable bonds is 5. The van der Waals surface area contributed by atoms with E-state index in [1.165, 1.54) is 23.8 Å². The van der Waals surface area contributed by atoms with Crippen LogP contribution in [0.25, 0.3) is 0 Å². The van der Waals surface area contributed by atoms with Crippen LogP contribution in [0.15, 0.2) is 48.5 Å². The summed E-state index contributed by atoms with van der Waals surface area (Å²) < 4.78 is 13.0. The average Bonchev–Trinajstić information content (AvgIpc) is 2.47. The predicted octanol–water partition coefficient (Wildman–Crippen LogP) is 2.77. The maximum Gasteiger partial charge on any atom is 0.251 e. The van der Waals surface area contributed by atoms with Gasteiger partial charge in [0.25, 0.3) is 5.91 Å². The SMILES string of the molecule is Nc1cc(C(=O)NCCCc2ccccc2)ccc1F. The van der Waals surface area contributed by atoms with Crippen LogP contribution in [0, 0.1) is 5.82 Å². The van der Waals surface area contributed by atoms with E-state index in [2.05, 4.69) is 17.4 Å². The molecule has 104 valence electrons. The van der Waals surface area contributed by atoms with Gasteiger partial charge >= 0.3 is 0 Å². The molecule has 0 spiro atoms. The van der Waals surface area contributed by atoms with Crippen molar-refractivity contribution in [3.05, 3.63) is 65.5 Å². The van der Waals surface area contributed by atoms with Crippen LogP contribution < -0.4 is 11.1 Å². The van der Waals surface area contributed by atoms with E-state index in [0.29, 0.717) is 12.1 Å². The van der Waals surface area contributed by atoms with Crippen LogP contribution in [-0.4, -0.2) is 12.5 Å². The fraction of sp³-hybridized carbons (Fsp3) is 0.188. The molecule has 20 heavy (non-hydrogen) atoms. The first-order valence-corrected chi connectivity index (χ1v) is 6.54. The van der Waals surface area contributed by atoms with E-state index in [9.17, 15) is 9.18 Å². The van der Waals surface area contributed by atoms with Gasteiger partial charge in [-0.05, 0) is 36.6 Å². The summed E-state index contributed by atoms with van der Waals surface area (Å²) in [4.78, 5) is 11.8. The summed E-state index contributed by atoms with van der Waals surface area (Å²) in [6.45, 7) is 0.574. The average molecular weight is 272 g/mol. The van der Waals surface area contributed by atoms with Gasteiger partial charge in [0, 0.05) is 12.1 Å². The Hall–Kier alpha value is -2.36. The van der Waals surface area contributed by atoms with Crippen molar-refractivity contribution in [2.75, 3.05) is 12.3 Å². The first kappa shape index (κ1) is 14.1. The van der Waals surface area contributed by atoms with E-state index < -0.39 is 5.82 Å². The lowest BCUT2D eigenvalue weighted by Gasteiger charge is -2.06. The Kier molecular flexibility index (Phi) is 4.71. The minimum Gasteiger partial charge on any atom is -0.396 e. The fourth-order valence-electron chi connectivity index (χ4n) is 1.93. The molecule has 1 amide bonds. The van der Waals surface area contributed by atoms with Crippen LogP contribution in [0.3, 0.4) is 0 Å². The molecule has 3 nitrogen and oxygen atoms in total. The minimum absolute atomic E-state index is 0.0121. The summed E-state index contributed by atoms with van der Waals surface area (Å²) >= 11 is 0. The first-order valence-electron chi connectivity index (χ1n) is 6.54. The number of aryl methyl sites for hydroxylation is 1. The van der Waals surface area contributed by atoms with Gasteiger partial charge in [0.05, 0.1) is 5.69 Å². The van der Waals surface area contributed by atoms with Crippen LogP contribution in [0.4, 0.5) is 10.1 Å². The molecule has 0 radical (unpaired) electrons. The van der Waals surface area contributed by atoms with Crippen molar-refractivity contribution in [3.63, 3.8) is 0 Å². The molecule has 0 aliphatic heterocycles. The third kappa shape index (κ3) is 3.82. The maximum absolute atomic E-state index is 13.0. The van der Waals surface area contributed by atoms with E-state index in [-0.39, 0.29) is 11.6 Å². The zero-order valence-electron chi connectivity index (χ0n) is 11.1. The molecule has 2 aromatic rings. The quantitative estimate of drug-likeness (QED) is 0.649. The van der Waals surface area contributed by atoms with Crippen LogP contribution >= 0.6 is 0 Å². The standard InChI is InChI=1S/C16H17FN2O/c17-14-9-8-13(11-15(14)18)16(20)19-10-4-7-12-5-2-1-3-6-12/h1-3,5-6,8-9,11H,4,7,10,18H2,(H,19,20). The molecule has 0 fully saturated rings. The zero-order valence-corrected chi connectivity index (χ0v) is 11.1. The van der Waals surface area contributed by atoms with Gasteiger partial charge in [0.1, 0.15) is 5.82 Å². The van der Waals surface area contributed by atoms with E-state index in [1.54, 1.807) is 0 Å². The topological polar surface area (TPSA) is 55.1 Å². The van der Waals surface area contributed by atoms with E-state index in [1.807, 2.05) is 18.2 Å². The highest BCUT2D eigenvalue weighted by Crippen LogP contribution is 2.12. The highest BCUT2D eigenvalue weighted by molar-refractivity contribution is 5.94. The highest BCUT2D eigenvalue weighted by atomic mass is 19.1. The van der Waals surface area contributed by atoms with Crippen LogP contribution in [0.1, 0.15) is 22.3 Å². The summed E-state index contributed by atoms with van der Waals surface area (Å²) in [6.07, 6.45) is 1.76. The Morgan fingerprint density at radius 2 is 1.90 bits per heavy atom. The molecular weight excluding hydrogens is 255 g/mol. The molecule has 0 aliphatic rings. The molecule has 0 aromatic heterocycles. The van der Waals surface area contributed by atoms with Crippen molar-refractivity contribution in [2.45, 2.75) is 12.8 Å². The van der Waals surface area contributed by atoms with E-state index in [4.69, 9.17) is 5.73 Å². The smallest absolute Gasteiger partial charge is 0.251 e. The first-order chi connectivity index (χ1) is 9.66. The molecule has 0 unspecified atom stereocenters. The number of halogens is 1. The molecule has 0 saturated heterocycles. The molecular formula is C16H17FN2O. The lowest BCUT2D eigenvalue weighted by Crippen LogP contribution is -2.24. The number of anilines is 1. The zero-order chi connectivity index (χ0) is 14.4. The molecule has 3 N–H and O–H groups in total. The third-order valence-electron chi connectivity index (χ3n) is 3.03. The summed E-state index contributed by atoms with van der Waals surface area (Å²) in [5.74, 6) is -0.740. The van der Waals surface area contributed by atoms with Crippen molar-refractivity contribution in [1.29, 1.82) is 0 Å². The van der Waals surface area contributed by atoms with Crippen molar-refractivity contribution in [2.24, 2.45) is 0 Å². The van der Waals surface area contributed by atoms with Crippen molar-refractivity contribution in [1.82, 2.24) is 5.32 Å². The van der Waals surface area contributed by atoms with Crippen molar-refractivity contribution in [3.8, 4) is 0 Å². The van der Waals surface area contributed by atoms with Crippen LogP contribution in [0.2, 0.25) is 0 Å². The van der Waals surface area contributed by atoms with Gasteiger partial charge in [-0.25, -0.2) is 4.39 Å². The number of amides is 1. The molecule has 0 heterocycles. The van der Waals surface area contributed by atoms with Crippen LogP contribution in [0.5, 0.6) is 0 Å². The van der Waals surface area contributed by atoms with Crippen molar-refractivity contribution < 1.29 is 9.18 Å². The Morgan fingerprint density at radius 3 is 2.60 bits per heavy atom. The second kappa shape index (κ2) is 6.70. The lowest BCUT2D eigenvalue weighted by molar-refractivity contribution is 0.0953. The van der Waals surface area contributed by atoms with Gasteiger partial charge in [0.15, 0.2) is 0 Å². The number of benzene rings is 2. The summed E-state index contributed by atoms with van der Waals surface area (Å²) in [5, 5.41) is 2.80. The normalized spacial score (nSPS) is 10.2. The Bertz CT molecular complexity index is 584. The minimum atomic E-state index is -0.509.